The summed E-state index contributed by atoms with van der Waals surface area (Å²) in [6.45, 7) is 0. The van der Waals surface area contributed by atoms with Crippen molar-refractivity contribution in [1.29, 1.82) is 0 Å². The van der Waals surface area contributed by atoms with Crippen LogP contribution < -0.4 is 10.6 Å². The van der Waals surface area contributed by atoms with E-state index < -0.39 is 0 Å². The summed E-state index contributed by atoms with van der Waals surface area (Å²) in [5.41, 5.74) is 4.09. The lowest BCUT2D eigenvalue weighted by Gasteiger charge is -2.24. The van der Waals surface area contributed by atoms with Crippen molar-refractivity contribution in [3.63, 3.8) is 0 Å². The predicted octanol–water partition coefficient (Wildman–Crippen LogP) is 2.32. The third-order valence-corrected chi connectivity index (χ3v) is 5.09. The van der Waals surface area contributed by atoms with E-state index in [1.807, 2.05) is 36.5 Å². The van der Waals surface area contributed by atoms with Crippen molar-refractivity contribution in [2.75, 3.05) is 0 Å². The molecule has 1 fully saturated rings. The Hall–Kier alpha value is -2.69. The number of pyridine rings is 1. The van der Waals surface area contributed by atoms with Crippen LogP contribution in [0.25, 0.3) is 0 Å². The molecule has 2 heterocycles. The van der Waals surface area contributed by atoms with Gasteiger partial charge in [0.2, 0.25) is 5.91 Å². The summed E-state index contributed by atoms with van der Waals surface area (Å²) in [5.74, 6) is 0.0539. The van der Waals surface area contributed by atoms with Crippen LogP contribution in [0, 0.1) is 0 Å². The van der Waals surface area contributed by atoms with Crippen molar-refractivity contribution in [2.24, 2.45) is 0 Å². The number of fused-ring (bicyclic) bond motifs is 1. The molecule has 2 amide bonds. The molecule has 1 aliphatic carbocycles. The molecule has 2 aromatic rings. The van der Waals surface area contributed by atoms with Gasteiger partial charge >= 0.3 is 0 Å². The third-order valence-electron chi connectivity index (χ3n) is 5.09. The smallest absolute Gasteiger partial charge is 0.251 e. The van der Waals surface area contributed by atoms with Gasteiger partial charge in [0.05, 0.1) is 6.04 Å². The molecule has 5 nitrogen and oxygen atoms in total. The molecule has 1 saturated heterocycles. The molecule has 0 radical (unpaired) electrons. The van der Waals surface area contributed by atoms with Crippen LogP contribution in [0.2, 0.25) is 0 Å². The Bertz CT molecular complexity index is 801. The number of nitrogens with one attached hydrogen (secondary N) is 2. The van der Waals surface area contributed by atoms with E-state index in [9.17, 15) is 9.59 Å². The van der Waals surface area contributed by atoms with Gasteiger partial charge in [0.1, 0.15) is 0 Å². The molecule has 0 spiro atoms. The molecule has 1 aliphatic heterocycles. The van der Waals surface area contributed by atoms with Crippen LogP contribution >= 0.6 is 0 Å². The van der Waals surface area contributed by atoms with Crippen LogP contribution in [0.5, 0.6) is 0 Å². The van der Waals surface area contributed by atoms with Gasteiger partial charge in [-0.1, -0.05) is 18.2 Å². The summed E-state index contributed by atoms with van der Waals surface area (Å²) in [6.07, 6.45) is 5.88. The first-order chi connectivity index (χ1) is 12.2. The van der Waals surface area contributed by atoms with Crippen molar-refractivity contribution < 1.29 is 9.59 Å². The van der Waals surface area contributed by atoms with Crippen molar-refractivity contribution in [3.8, 4) is 0 Å². The van der Waals surface area contributed by atoms with E-state index in [1.54, 1.807) is 0 Å². The zero-order valence-electron chi connectivity index (χ0n) is 14.0. The number of carbonyl (C=O) groups is 2. The molecule has 2 unspecified atom stereocenters. The fraction of sp³-hybridized carbons (Fsp3) is 0.350. The minimum absolute atomic E-state index is 0.0423. The lowest BCUT2D eigenvalue weighted by molar-refractivity contribution is -0.119. The maximum Gasteiger partial charge on any atom is 0.251 e. The van der Waals surface area contributed by atoms with Crippen LogP contribution in [0.4, 0.5) is 0 Å². The molecule has 128 valence electrons. The first kappa shape index (κ1) is 15.8. The number of hydrogen-bond donors (Lipinski definition) is 2. The lowest BCUT2D eigenvalue weighted by atomic mass is 9.91. The van der Waals surface area contributed by atoms with E-state index in [2.05, 4.69) is 21.7 Å². The van der Waals surface area contributed by atoms with Gasteiger partial charge in [-0.2, -0.15) is 0 Å². The molecule has 0 saturated carbocycles. The molecule has 25 heavy (non-hydrogen) atoms. The van der Waals surface area contributed by atoms with Crippen molar-refractivity contribution in [1.82, 2.24) is 15.6 Å². The second-order valence-electron chi connectivity index (χ2n) is 6.80. The molecule has 2 N–H and O–H groups in total. The van der Waals surface area contributed by atoms with E-state index in [4.69, 9.17) is 0 Å². The van der Waals surface area contributed by atoms with E-state index in [-0.39, 0.29) is 23.9 Å². The summed E-state index contributed by atoms with van der Waals surface area (Å²) in [5, 5.41) is 6.08. The van der Waals surface area contributed by atoms with Gasteiger partial charge in [-0.3, -0.25) is 14.6 Å². The monoisotopic (exact) mass is 335 g/mol. The normalized spacial score (nSPS) is 22.2. The first-order valence-corrected chi connectivity index (χ1v) is 8.82. The number of aryl methyl sites for hydroxylation is 1. The van der Waals surface area contributed by atoms with Gasteiger partial charge in [-0.15, -0.1) is 0 Å². The topological polar surface area (TPSA) is 71.1 Å². The molecular formula is C20H21N3O2. The zero-order valence-corrected chi connectivity index (χ0v) is 14.0. The number of benzene rings is 1. The minimum Gasteiger partial charge on any atom is -0.349 e. The highest BCUT2D eigenvalue weighted by atomic mass is 16.2. The fourth-order valence-electron chi connectivity index (χ4n) is 3.68. The summed E-state index contributed by atoms with van der Waals surface area (Å²) in [7, 11) is 0. The number of carbonyl (C=O) groups excluding carboxylic acids is 2. The Balaban J connectivity index is 1.39. The van der Waals surface area contributed by atoms with Crippen LogP contribution in [-0.4, -0.2) is 22.8 Å². The predicted molar refractivity (Wildman–Crippen MR) is 94.1 cm³/mol. The summed E-state index contributed by atoms with van der Waals surface area (Å²) in [6, 6.07) is 11.8. The lowest BCUT2D eigenvalue weighted by Crippen LogP contribution is -2.39. The molecule has 1 aromatic carbocycles. The Morgan fingerprint density at radius 3 is 2.72 bits per heavy atom. The van der Waals surface area contributed by atoms with Crippen LogP contribution in [0.3, 0.4) is 0 Å². The second-order valence-corrected chi connectivity index (χ2v) is 6.80. The van der Waals surface area contributed by atoms with Gasteiger partial charge in [0, 0.05) is 29.9 Å². The standard InChI is InChI=1S/C20H21N3O2/c24-19-10-9-18(23-19)13-3-5-14(6-4-13)20(25)22-16-7-8-17-15(12-16)2-1-11-21-17/h1-6,11,16,18H,7-10,12H2,(H,22,25)(H,23,24). The Morgan fingerprint density at radius 1 is 1.12 bits per heavy atom. The summed E-state index contributed by atoms with van der Waals surface area (Å²) >= 11 is 0. The first-order valence-electron chi connectivity index (χ1n) is 8.82. The molecule has 2 aliphatic rings. The molecule has 4 rings (SSSR count). The number of hydrogen-bond acceptors (Lipinski definition) is 3. The van der Waals surface area contributed by atoms with E-state index in [0.717, 1.165) is 36.9 Å². The SMILES string of the molecule is O=C1CCC(c2ccc(C(=O)NC3CCc4ncccc4C3)cc2)N1. The van der Waals surface area contributed by atoms with Gasteiger partial charge in [-0.25, -0.2) is 0 Å². The molecule has 1 aromatic heterocycles. The van der Waals surface area contributed by atoms with Crippen LogP contribution in [-0.2, 0) is 17.6 Å². The van der Waals surface area contributed by atoms with E-state index >= 15 is 0 Å². The van der Waals surface area contributed by atoms with E-state index in [0.29, 0.717) is 12.0 Å². The van der Waals surface area contributed by atoms with Gasteiger partial charge in [0.25, 0.3) is 5.91 Å². The number of rotatable bonds is 3. The second kappa shape index (κ2) is 6.67. The van der Waals surface area contributed by atoms with Crippen molar-refractivity contribution >= 4 is 11.8 Å². The average Bonchev–Trinajstić information content (AvgIpc) is 3.08. The molecular weight excluding hydrogens is 314 g/mol. The van der Waals surface area contributed by atoms with Gasteiger partial charge in [-0.05, 0) is 55.0 Å². The summed E-state index contributed by atoms with van der Waals surface area (Å²) in [4.78, 5) is 28.2. The average molecular weight is 335 g/mol. The highest BCUT2D eigenvalue weighted by Gasteiger charge is 2.23. The Morgan fingerprint density at radius 2 is 1.96 bits per heavy atom. The Labute approximate surface area is 146 Å². The largest absolute Gasteiger partial charge is 0.349 e. The van der Waals surface area contributed by atoms with Gasteiger partial charge < -0.3 is 10.6 Å². The molecule has 5 heteroatoms. The fourth-order valence-corrected chi connectivity index (χ4v) is 3.68. The van der Waals surface area contributed by atoms with Crippen LogP contribution in [0.15, 0.2) is 42.6 Å². The number of aromatic nitrogens is 1. The number of amides is 2. The zero-order chi connectivity index (χ0) is 17.2. The molecule has 2 atom stereocenters. The van der Waals surface area contributed by atoms with Crippen molar-refractivity contribution in [3.05, 3.63) is 65.0 Å². The van der Waals surface area contributed by atoms with Crippen LogP contribution in [0.1, 0.15) is 52.5 Å². The van der Waals surface area contributed by atoms with Gasteiger partial charge in [0.15, 0.2) is 0 Å². The number of nitrogens with zero attached hydrogens (tertiary/aromatic N) is 1. The third kappa shape index (κ3) is 3.40. The van der Waals surface area contributed by atoms with Crippen molar-refractivity contribution in [2.45, 2.75) is 44.2 Å². The highest BCUT2D eigenvalue weighted by Crippen LogP contribution is 2.24. The minimum atomic E-state index is -0.0423. The quantitative estimate of drug-likeness (QED) is 0.904. The molecule has 0 bridgehead atoms. The summed E-state index contributed by atoms with van der Waals surface area (Å²) < 4.78 is 0. The maximum atomic E-state index is 12.5. The maximum absolute atomic E-state index is 12.5. The van der Waals surface area contributed by atoms with E-state index in [1.165, 1.54) is 5.56 Å². The Kier molecular flexibility index (Phi) is 4.22. The highest BCUT2D eigenvalue weighted by molar-refractivity contribution is 5.94.